The average Bonchev–Trinajstić information content (AvgIpc) is 3.08. The maximum absolute atomic E-state index is 12.0. The highest BCUT2D eigenvalue weighted by atomic mass is 16.4. The number of amides is 2. The quantitative estimate of drug-likeness (QED) is 0.846. The number of furan rings is 1. The Kier molecular flexibility index (Phi) is 4.07. The second-order valence-corrected chi connectivity index (χ2v) is 4.73. The van der Waals surface area contributed by atoms with Gasteiger partial charge in [-0.1, -0.05) is 0 Å². The van der Waals surface area contributed by atoms with Gasteiger partial charge in [-0.15, -0.1) is 0 Å². The van der Waals surface area contributed by atoms with E-state index in [9.17, 15) is 14.4 Å². The van der Waals surface area contributed by atoms with E-state index in [0.29, 0.717) is 13.1 Å². The number of likely N-dealkylation sites (tertiary alicyclic amines) is 1. The maximum atomic E-state index is 12.0. The molecule has 2 heterocycles. The van der Waals surface area contributed by atoms with Crippen LogP contribution in [0.15, 0.2) is 16.7 Å². The Balaban J connectivity index is 1.95. The molecular weight excluding hydrogens is 264 g/mol. The van der Waals surface area contributed by atoms with Gasteiger partial charge in [0.2, 0.25) is 5.91 Å². The largest absolute Gasteiger partial charge is 0.478 e. The van der Waals surface area contributed by atoms with Gasteiger partial charge in [0.25, 0.3) is 5.91 Å². The summed E-state index contributed by atoms with van der Waals surface area (Å²) in [5, 5.41) is 11.2. The molecule has 7 nitrogen and oxygen atoms in total. The SMILES string of the molecule is CC(NC(=O)c1cc(C(=O)O)co1)C(=O)N1CCCC1. The molecule has 0 spiro atoms. The summed E-state index contributed by atoms with van der Waals surface area (Å²) >= 11 is 0. The molecule has 20 heavy (non-hydrogen) atoms. The van der Waals surface area contributed by atoms with Gasteiger partial charge < -0.3 is 19.7 Å². The number of nitrogens with zero attached hydrogens (tertiary/aromatic N) is 1. The number of nitrogens with one attached hydrogen (secondary N) is 1. The Morgan fingerprint density at radius 1 is 1.35 bits per heavy atom. The number of hydrogen-bond donors (Lipinski definition) is 2. The summed E-state index contributed by atoms with van der Waals surface area (Å²) in [6, 6.07) is 0.462. The predicted molar refractivity (Wildman–Crippen MR) is 68.4 cm³/mol. The van der Waals surface area contributed by atoms with Gasteiger partial charge in [0.05, 0.1) is 5.56 Å². The van der Waals surface area contributed by atoms with E-state index in [0.717, 1.165) is 25.2 Å². The van der Waals surface area contributed by atoms with Crippen LogP contribution in [0, 0.1) is 0 Å². The van der Waals surface area contributed by atoms with Gasteiger partial charge >= 0.3 is 5.97 Å². The third kappa shape index (κ3) is 2.98. The van der Waals surface area contributed by atoms with Crippen molar-refractivity contribution in [2.24, 2.45) is 0 Å². The Labute approximate surface area is 115 Å². The summed E-state index contributed by atoms with van der Waals surface area (Å²) in [6.45, 7) is 3.02. The Hall–Kier alpha value is -2.31. The van der Waals surface area contributed by atoms with Crippen molar-refractivity contribution in [3.63, 3.8) is 0 Å². The second-order valence-electron chi connectivity index (χ2n) is 4.73. The molecule has 2 amide bonds. The van der Waals surface area contributed by atoms with E-state index in [4.69, 9.17) is 9.52 Å². The standard InChI is InChI=1S/C13H16N2O5/c1-8(12(17)15-4-2-3-5-15)14-11(16)10-6-9(7-20-10)13(18)19/h6-8H,2-5H2,1H3,(H,14,16)(H,18,19). The lowest BCUT2D eigenvalue weighted by Crippen LogP contribution is -2.45. The smallest absolute Gasteiger partial charge is 0.338 e. The summed E-state index contributed by atoms with van der Waals surface area (Å²) in [4.78, 5) is 36.2. The zero-order valence-electron chi connectivity index (χ0n) is 11.1. The predicted octanol–water partition coefficient (Wildman–Crippen LogP) is 0.719. The van der Waals surface area contributed by atoms with E-state index in [1.807, 2.05) is 0 Å². The molecule has 2 N–H and O–H groups in total. The van der Waals surface area contributed by atoms with Crippen LogP contribution >= 0.6 is 0 Å². The third-order valence-corrected chi connectivity index (χ3v) is 3.21. The van der Waals surface area contributed by atoms with Crippen molar-refractivity contribution in [1.29, 1.82) is 0 Å². The summed E-state index contributed by atoms with van der Waals surface area (Å²) in [6.07, 6.45) is 2.95. The Morgan fingerprint density at radius 2 is 2.00 bits per heavy atom. The summed E-state index contributed by atoms with van der Waals surface area (Å²) in [7, 11) is 0. The lowest BCUT2D eigenvalue weighted by atomic mass is 10.2. The van der Waals surface area contributed by atoms with E-state index in [1.165, 1.54) is 0 Å². The van der Waals surface area contributed by atoms with Crippen molar-refractivity contribution in [1.82, 2.24) is 10.2 Å². The van der Waals surface area contributed by atoms with Crippen molar-refractivity contribution in [2.45, 2.75) is 25.8 Å². The minimum absolute atomic E-state index is 0.103. The number of carbonyl (C=O) groups is 3. The first kappa shape index (κ1) is 14.1. The number of aromatic carboxylic acids is 1. The third-order valence-electron chi connectivity index (χ3n) is 3.21. The van der Waals surface area contributed by atoms with Crippen LogP contribution in [-0.2, 0) is 4.79 Å². The fraction of sp³-hybridized carbons (Fsp3) is 0.462. The van der Waals surface area contributed by atoms with Crippen molar-refractivity contribution < 1.29 is 23.9 Å². The van der Waals surface area contributed by atoms with Gasteiger partial charge in [0, 0.05) is 19.2 Å². The van der Waals surface area contributed by atoms with Crippen LogP contribution in [0.25, 0.3) is 0 Å². The first-order valence-electron chi connectivity index (χ1n) is 6.40. The zero-order chi connectivity index (χ0) is 14.7. The molecule has 0 aromatic carbocycles. The number of carboxylic acid groups (broad SMARTS) is 1. The van der Waals surface area contributed by atoms with Crippen molar-refractivity contribution in [2.75, 3.05) is 13.1 Å². The number of carbonyl (C=O) groups excluding carboxylic acids is 2. The van der Waals surface area contributed by atoms with Crippen LogP contribution in [0.3, 0.4) is 0 Å². The fourth-order valence-corrected chi connectivity index (χ4v) is 2.11. The first-order valence-corrected chi connectivity index (χ1v) is 6.40. The van der Waals surface area contributed by atoms with Gasteiger partial charge in [0.1, 0.15) is 12.3 Å². The molecule has 0 radical (unpaired) electrons. The van der Waals surface area contributed by atoms with E-state index < -0.39 is 17.9 Å². The topological polar surface area (TPSA) is 99.9 Å². The first-order chi connectivity index (χ1) is 9.49. The highest BCUT2D eigenvalue weighted by Gasteiger charge is 2.25. The van der Waals surface area contributed by atoms with E-state index in [-0.39, 0.29) is 17.2 Å². The minimum Gasteiger partial charge on any atom is -0.478 e. The second kappa shape index (κ2) is 5.77. The van der Waals surface area contributed by atoms with Crippen molar-refractivity contribution in [3.8, 4) is 0 Å². The molecular formula is C13H16N2O5. The molecule has 1 aromatic heterocycles. The molecule has 2 rings (SSSR count). The van der Waals surface area contributed by atoms with Crippen LogP contribution in [0.5, 0.6) is 0 Å². The highest BCUT2D eigenvalue weighted by molar-refractivity contribution is 5.97. The van der Waals surface area contributed by atoms with E-state index in [1.54, 1.807) is 11.8 Å². The highest BCUT2D eigenvalue weighted by Crippen LogP contribution is 2.11. The Morgan fingerprint density at radius 3 is 2.55 bits per heavy atom. The normalized spacial score (nSPS) is 15.9. The van der Waals surface area contributed by atoms with Crippen LogP contribution in [0.2, 0.25) is 0 Å². The molecule has 1 aromatic rings. The molecule has 0 saturated carbocycles. The fourth-order valence-electron chi connectivity index (χ4n) is 2.11. The molecule has 0 bridgehead atoms. The number of carboxylic acids is 1. The van der Waals surface area contributed by atoms with Crippen LogP contribution in [0.4, 0.5) is 0 Å². The van der Waals surface area contributed by atoms with Crippen LogP contribution < -0.4 is 5.32 Å². The average molecular weight is 280 g/mol. The van der Waals surface area contributed by atoms with E-state index >= 15 is 0 Å². The molecule has 0 aliphatic carbocycles. The van der Waals surface area contributed by atoms with Crippen LogP contribution in [0.1, 0.15) is 40.7 Å². The molecule has 1 unspecified atom stereocenters. The lowest BCUT2D eigenvalue weighted by Gasteiger charge is -2.20. The number of hydrogen-bond acceptors (Lipinski definition) is 4. The van der Waals surface area contributed by atoms with Gasteiger partial charge in [-0.25, -0.2) is 4.79 Å². The molecule has 7 heteroatoms. The summed E-state index contributed by atoms with van der Waals surface area (Å²) in [5.41, 5.74) is -0.103. The van der Waals surface area contributed by atoms with Crippen molar-refractivity contribution >= 4 is 17.8 Å². The molecule has 1 aliphatic heterocycles. The van der Waals surface area contributed by atoms with Gasteiger partial charge in [-0.05, 0) is 19.8 Å². The van der Waals surface area contributed by atoms with E-state index in [2.05, 4.69) is 5.32 Å². The maximum Gasteiger partial charge on any atom is 0.338 e. The molecule has 1 fully saturated rings. The van der Waals surface area contributed by atoms with Gasteiger partial charge in [-0.3, -0.25) is 9.59 Å². The Bertz CT molecular complexity index is 531. The summed E-state index contributed by atoms with van der Waals surface area (Å²) < 4.78 is 4.88. The van der Waals surface area contributed by atoms with Gasteiger partial charge in [0.15, 0.2) is 5.76 Å². The van der Waals surface area contributed by atoms with Crippen LogP contribution in [-0.4, -0.2) is 46.9 Å². The molecule has 1 saturated heterocycles. The minimum atomic E-state index is -1.17. The van der Waals surface area contributed by atoms with Gasteiger partial charge in [-0.2, -0.15) is 0 Å². The lowest BCUT2D eigenvalue weighted by molar-refractivity contribution is -0.131. The molecule has 1 atom stereocenters. The molecule has 108 valence electrons. The van der Waals surface area contributed by atoms with Crippen molar-refractivity contribution in [3.05, 3.63) is 23.7 Å². The number of rotatable bonds is 4. The molecule has 1 aliphatic rings. The monoisotopic (exact) mass is 280 g/mol. The summed E-state index contributed by atoms with van der Waals surface area (Å²) in [5.74, 6) is -2.03. The zero-order valence-corrected chi connectivity index (χ0v) is 11.1.